The van der Waals surface area contributed by atoms with Crippen molar-refractivity contribution in [1.29, 1.82) is 0 Å². The van der Waals surface area contributed by atoms with Crippen molar-refractivity contribution in [3.05, 3.63) is 40.9 Å². The lowest BCUT2D eigenvalue weighted by atomic mass is 10.2. The van der Waals surface area contributed by atoms with Crippen LogP contribution in [0.25, 0.3) is 0 Å². The fourth-order valence-corrected chi connectivity index (χ4v) is 3.40. The number of nitrogens with zero attached hydrogens (tertiary/aromatic N) is 2. The molecule has 1 fully saturated rings. The largest absolute Gasteiger partial charge is 0.455 e. The van der Waals surface area contributed by atoms with Gasteiger partial charge in [0, 0.05) is 24.0 Å². The van der Waals surface area contributed by atoms with Crippen molar-refractivity contribution in [1.82, 2.24) is 4.98 Å². The van der Waals surface area contributed by atoms with Gasteiger partial charge in [0.25, 0.3) is 5.91 Å². The number of anilines is 2. The highest BCUT2D eigenvalue weighted by Gasteiger charge is 2.24. The highest BCUT2D eigenvalue weighted by Crippen LogP contribution is 2.25. The summed E-state index contributed by atoms with van der Waals surface area (Å²) in [5, 5.41) is 5.00. The molecule has 0 unspecified atom stereocenters. The van der Waals surface area contributed by atoms with E-state index in [1.54, 1.807) is 22.4 Å². The van der Waals surface area contributed by atoms with Crippen LogP contribution in [0.15, 0.2) is 29.6 Å². The van der Waals surface area contributed by atoms with Crippen LogP contribution < -0.4 is 10.2 Å². The topological polar surface area (TPSA) is 88.6 Å². The summed E-state index contributed by atoms with van der Waals surface area (Å²) in [7, 11) is 0. The van der Waals surface area contributed by atoms with Gasteiger partial charge < -0.3 is 10.1 Å². The first kappa shape index (κ1) is 18.1. The van der Waals surface area contributed by atoms with Crippen LogP contribution in [0, 0.1) is 6.92 Å². The van der Waals surface area contributed by atoms with Crippen molar-refractivity contribution < 1.29 is 19.1 Å². The number of ether oxygens (including phenoxy) is 1. The van der Waals surface area contributed by atoms with Crippen LogP contribution >= 0.6 is 11.3 Å². The second kappa shape index (κ2) is 8.09. The molecule has 0 radical (unpaired) electrons. The molecule has 0 spiro atoms. The van der Waals surface area contributed by atoms with E-state index in [-0.39, 0.29) is 18.9 Å². The fourth-order valence-electron chi connectivity index (χ4n) is 2.53. The highest BCUT2D eigenvalue weighted by molar-refractivity contribution is 7.14. The van der Waals surface area contributed by atoms with E-state index in [0.29, 0.717) is 29.5 Å². The Bertz CT molecular complexity index is 816. The third-order valence-corrected chi connectivity index (χ3v) is 4.78. The number of thiazole rings is 1. The predicted molar refractivity (Wildman–Crippen MR) is 98.2 cm³/mol. The van der Waals surface area contributed by atoms with E-state index in [0.717, 1.165) is 12.0 Å². The van der Waals surface area contributed by atoms with E-state index in [2.05, 4.69) is 10.3 Å². The number of nitrogens with one attached hydrogen (secondary N) is 1. The van der Waals surface area contributed by atoms with Gasteiger partial charge in [-0.05, 0) is 25.5 Å². The number of rotatable bonds is 6. The van der Waals surface area contributed by atoms with E-state index in [9.17, 15) is 14.4 Å². The first-order chi connectivity index (χ1) is 12.5. The Labute approximate surface area is 155 Å². The van der Waals surface area contributed by atoms with Crippen molar-refractivity contribution >= 4 is 39.9 Å². The smallest absolute Gasteiger partial charge is 0.312 e. The second-order valence-electron chi connectivity index (χ2n) is 6.02. The van der Waals surface area contributed by atoms with Crippen LogP contribution in [0.5, 0.6) is 0 Å². The molecule has 0 atom stereocenters. The van der Waals surface area contributed by atoms with E-state index < -0.39 is 11.9 Å². The molecule has 1 aliphatic rings. The van der Waals surface area contributed by atoms with Crippen molar-refractivity contribution in [3.8, 4) is 0 Å². The zero-order chi connectivity index (χ0) is 18.5. The van der Waals surface area contributed by atoms with Crippen molar-refractivity contribution in [2.24, 2.45) is 0 Å². The second-order valence-corrected chi connectivity index (χ2v) is 6.86. The van der Waals surface area contributed by atoms with Gasteiger partial charge in [-0.15, -0.1) is 11.3 Å². The summed E-state index contributed by atoms with van der Waals surface area (Å²) in [5.41, 5.74) is 2.28. The van der Waals surface area contributed by atoms with Gasteiger partial charge in [0.15, 0.2) is 11.7 Å². The Morgan fingerprint density at radius 2 is 2.08 bits per heavy atom. The Kier molecular flexibility index (Phi) is 5.62. The molecule has 0 aliphatic carbocycles. The summed E-state index contributed by atoms with van der Waals surface area (Å²) >= 11 is 1.33. The van der Waals surface area contributed by atoms with Gasteiger partial charge >= 0.3 is 5.97 Å². The molecule has 0 saturated carbocycles. The Morgan fingerprint density at radius 1 is 1.31 bits per heavy atom. The number of esters is 1. The summed E-state index contributed by atoms with van der Waals surface area (Å²) in [6.07, 6.45) is 1.33. The molecule has 0 bridgehead atoms. The van der Waals surface area contributed by atoms with Crippen LogP contribution in [0.4, 0.5) is 10.8 Å². The Morgan fingerprint density at radius 3 is 2.77 bits per heavy atom. The monoisotopic (exact) mass is 373 g/mol. The SMILES string of the molecule is Cc1ccc(NC(=O)COC(=O)Cc2csc(N3CCCC3=O)n2)cc1. The van der Waals surface area contributed by atoms with Crippen molar-refractivity contribution in [2.45, 2.75) is 26.2 Å². The standard InChI is InChI=1S/C18H19N3O4S/c1-12-4-6-13(7-5-12)19-15(22)10-25-17(24)9-14-11-26-18(20-14)21-8-2-3-16(21)23/h4-7,11H,2-3,8-10H2,1H3,(H,19,22). The lowest BCUT2D eigenvalue weighted by Crippen LogP contribution is -2.23. The van der Waals surface area contributed by atoms with Crippen LogP contribution in [-0.4, -0.2) is 35.9 Å². The maximum absolute atomic E-state index is 11.9. The molecule has 8 heteroatoms. The maximum Gasteiger partial charge on any atom is 0.312 e. The third-order valence-electron chi connectivity index (χ3n) is 3.87. The third kappa shape index (κ3) is 4.66. The number of aryl methyl sites for hydroxylation is 1. The number of benzene rings is 1. The molecule has 26 heavy (non-hydrogen) atoms. The number of amides is 2. The van der Waals surface area contributed by atoms with Gasteiger partial charge in [0.05, 0.1) is 12.1 Å². The number of hydrogen-bond donors (Lipinski definition) is 1. The molecule has 1 aromatic heterocycles. The number of carbonyl (C=O) groups is 3. The predicted octanol–water partition coefficient (Wildman–Crippen LogP) is 2.30. The van der Waals surface area contributed by atoms with E-state index in [1.165, 1.54) is 11.3 Å². The van der Waals surface area contributed by atoms with Crippen LogP contribution in [0.2, 0.25) is 0 Å². The summed E-state index contributed by atoms with van der Waals surface area (Å²) in [6.45, 7) is 2.26. The normalized spacial score (nSPS) is 13.7. The molecular weight excluding hydrogens is 354 g/mol. The van der Waals surface area contributed by atoms with Crippen LogP contribution in [0.3, 0.4) is 0 Å². The molecule has 2 aromatic rings. The maximum atomic E-state index is 11.9. The highest BCUT2D eigenvalue weighted by atomic mass is 32.1. The zero-order valence-corrected chi connectivity index (χ0v) is 15.2. The Hall–Kier alpha value is -2.74. The van der Waals surface area contributed by atoms with Gasteiger partial charge in [0.1, 0.15) is 0 Å². The quantitative estimate of drug-likeness (QED) is 0.785. The van der Waals surface area contributed by atoms with Gasteiger partial charge in [0.2, 0.25) is 5.91 Å². The number of hydrogen-bond acceptors (Lipinski definition) is 6. The Balaban J connectivity index is 1.45. The van der Waals surface area contributed by atoms with E-state index >= 15 is 0 Å². The van der Waals surface area contributed by atoms with Crippen LogP contribution in [0.1, 0.15) is 24.1 Å². The molecule has 136 valence electrons. The van der Waals surface area contributed by atoms with Crippen molar-refractivity contribution in [2.75, 3.05) is 23.4 Å². The average Bonchev–Trinajstić information content (AvgIpc) is 3.24. The van der Waals surface area contributed by atoms with Gasteiger partial charge in [-0.25, -0.2) is 4.98 Å². The first-order valence-corrected chi connectivity index (χ1v) is 9.16. The lowest BCUT2D eigenvalue weighted by molar-refractivity contribution is -0.146. The summed E-state index contributed by atoms with van der Waals surface area (Å²) in [6, 6.07) is 7.33. The number of aromatic nitrogens is 1. The lowest BCUT2D eigenvalue weighted by Gasteiger charge is -2.10. The minimum Gasteiger partial charge on any atom is -0.455 e. The van der Waals surface area contributed by atoms with E-state index in [1.807, 2.05) is 19.1 Å². The molecule has 1 saturated heterocycles. The zero-order valence-electron chi connectivity index (χ0n) is 14.4. The average molecular weight is 373 g/mol. The molecule has 1 N–H and O–H groups in total. The summed E-state index contributed by atoms with van der Waals surface area (Å²) in [5.74, 6) is -0.876. The first-order valence-electron chi connectivity index (χ1n) is 8.28. The molecule has 2 amide bonds. The van der Waals surface area contributed by atoms with Gasteiger partial charge in [-0.3, -0.25) is 19.3 Å². The van der Waals surface area contributed by atoms with Crippen molar-refractivity contribution in [3.63, 3.8) is 0 Å². The fraction of sp³-hybridized carbons (Fsp3) is 0.333. The molecule has 3 rings (SSSR count). The minimum atomic E-state index is -0.534. The van der Waals surface area contributed by atoms with E-state index in [4.69, 9.17) is 4.74 Å². The summed E-state index contributed by atoms with van der Waals surface area (Å²) < 4.78 is 4.99. The number of carbonyl (C=O) groups excluding carboxylic acids is 3. The summed E-state index contributed by atoms with van der Waals surface area (Å²) in [4.78, 5) is 41.4. The molecule has 7 nitrogen and oxygen atoms in total. The van der Waals surface area contributed by atoms with Gasteiger partial charge in [-0.1, -0.05) is 17.7 Å². The van der Waals surface area contributed by atoms with Crippen LogP contribution in [-0.2, 0) is 25.5 Å². The molecule has 1 aliphatic heterocycles. The molecule has 1 aromatic carbocycles. The molecular formula is C18H19N3O4S. The molecule has 2 heterocycles. The minimum absolute atomic E-state index is 0.0314. The van der Waals surface area contributed by atoms with Gasteiger partial charge in [-0.2, -0.15) is 0 Å².